The number of rotatable bonds is 5. The molecule has 2 aromatic rings. The number of hydrogen-bond donors (Lipinski definition) is 1. The van der Waals surface area contributed by atoms with Crippen LogP contribution in [0.25, 0.3) is 0 Å². The van der Waals surface area contributed by atoms with Crippen LogP contribution >= 0.6 is 34.4 Å². The number of benzene rings is 1. The Bertz CT molecular complexity index is 525. The molecule has 1 N–H and O–H groups in total. The lowest BCUT2D eigenvalue weighted by Crippen LogP contribution is -2.22. The molecule has 3 nitrogen and oxygen atoms in total. The van der Waals surface area contributed by atoms with Gasteiger partial charge in [0.15, 0.2) is 0 Å². The standard InChI is InChI=1S/C14H14INO2S/c1-10(19-9-13-3-2-8-18-13)14(17)16-12-6-4-11(15)5-7-12/h2-8,10H,9H2,1H3,(H,16,17). The van der Waals surface area contributed by atoms with Gasteiger partial charge in [-0.1, -0.05) is 0 Å². The Hall–Kier alpha value is -0.950. The van der Waals surface area contributed by atoms with Crippen molar-refractivity contribution in [3.8, 4) is 0 Å². The van der Waals surface area contributed by atoms with Gasteiger partial charge in [0.25, 0.3) is 0 Å². The minimum absolute atomic E-state index is 0.0118. The first-order valence-corrected chi connectivity index (χ1v) is 7.98. The molecule has 5 heteroatoms. The number of hydrogen-bond acceptors (Lipinski definition) is 3. The van der Waals surface area contributed by atoms with Gasteiger partial charge in [0.1, 0.15) is 5.76 Å². The fraction of sp³-hybridized carbons (Fsp3) is 0.214. The molecule has 100 valence electrons. The Morgan fingerprint density at radius 1 is 1.37 bits per heavy atom. The molecule has 0 aliphatic carbocycles. The van der Waals surface area contributed by atoms with Crippen LogP contribution < -0.4 is 5.32 Å². The van der Waals surface area contributed by atoms with Gasteiger partial charge in [-0.05, 0) is 65.9 Å². The van der Waals surface area contributed by atoms with E-state index in [1.165, 1.54) is 0 Å². The molecule has 0 aliphatic rings. The number of carbonyl (C=O) groups is 1. The molecule has 1 amide bonds. The lowest BCUT2D eigenvalue weighted by atomic mass is 10.3. The van der Waals surface area contributed by atoms with E-state index >= 15 is 0 Å². The van der Waals surface area contributed by atoms with Crippen molar-refractivity contribution >= 4 is 45.9 Å². The molecule has 0 saturated heterocycles. The van der Waals surface area contributed by atoms with Crippen LogP contribution in [-0.4, -0.2) is 11.2 Å². The summed E-state index contributed by atoms with van der Waals surface area (Å²) in [6.45, 7) is 1.90. The Morgan fingerprint density at radius 2 is 2.11 bits per heavy atom. The Labute approximate surface area is 130 Å². The lowest BCUT2D eigenvalue weighted by molar-refractivity contribution is -0.115. The molecular formula is C14H14INO2S. The van der Waals surface area contributed by atoms with Crippen molar-refractivity contribution in [2.24, 2.45) is 0 Å². The van der Waals surface area contributed by atoms with E-state index in [1.807, 2.05) is 43.3 Å². The van der Waals surface area contributed by atoms with Crippen molar-refractivity contribution in [2.45, 2.75) is 17.9 Å². The first kappa shape index (κ1) is 14.5. The normalized spacial score (nSPS) is 12.1. The molecule has 0 fully saturated rings. The van der Waals surface area contributed by atoms with Gasteiger partial charge in [-0.3, -0.25) is 4.79 Å². The summed E-state index contributed by atoms with van der Waals surface area (Å²) >= 11 is 3.79. The summed E-state index contributed by atoms with van der Waals surface area (Å²) in [5.41, 5.74) is 0.830. The maximum absolute atomic E-state index is 12.0. The van der Waals surface area contributed by atoms with Crippen molar-refractivity contribution < 1.29 is 9.21 Å². The van der Waals surface area contributed by atoms with Gasteiger partial charge in [-0.15, -0.1) is 11.8 Å². The largest absolute Gasteiger partial charge is 0.468 e. The summed E-state index contributed by atoms with van der Waals surface area (Å²) < 4.78 is 6.39. The lowest BCUT2D eigenvalue weighted by Gasteiger charge is -2.11. The van der Waals surface area contributed by atoms with E-state index in [-0.39, 0.29) is 11.2 Å². The van der Waals surface area contributed by atoms with Gasteiger partial charge in [0, 0.05) is 9.26 Å². The summed E-state index contributed by atoms with van der Waals surface area (Å²) in [7, 11) is 0. The quantitative estimate of drug-likeness (QED) is 0.784. The van der Waals surface area contributed by atoms with Crippen LogP contribution in [0.5, 0.6) is 0 Å². The second kappa shape index (κ2) is 7.00. The van der Waals surface area contributed by atoms with Crippen LogP contribution in [0.4, 0.5) is 5.69 Å². The van der Waals surface area contributed by atoms with E-state index in [2.05, 4.69) is 27.9 Å². The maximum atomic E-state index is 12.0. The van der Waals surface area contributed by atoms with Crippen LogP contribution in [0, 0.1) is 3.57 Å². The van der Waals surface area contributed by atoms with Crippen LogP contribution in [-0.2, 0) is 10.5 Å². The van der Waals surface area contributed by atoms with Gasteiger partial charge in [0.05, 0.1) is 17.3 Å². The predicted octanol–water partition coefficient (Wildman–Crippen LogP) is 4.14. The van der Waals surface area contributed by atoms with Crippen molar-refractivity contribution in [3.05, 3.63) is 52.0 Å². The first-order valence-electron chi connectivity index (χ1n) is 5.85. The van der Waals surface area contributed by atoms with Gasteiger partial charge >= 0.3 is 0 Å². The molecule has 2 rings (SSSR count). The smallest absolute Gasteiger partial charge is 0.237 e. The second-order valence-corrected chi connectivity index (χ2v) is 6.60. The van der Waals surface area contributed by atoms with E-state index < -0.39 is 0 Å². The molecule has 1 heterocycles. The Morgan fingerprint density at radius 3 is 2.74 bits per heavy atom. The molecule has 1 aromatic carbocycles. The minimum atomic E-state index is -0.121. The molecule has 1 aromatic heterocycles. The second-order valence-electron chi connectivity index (χ2n) is 4.03. The highest BCUT2D eigenvalue weighted by atomic mass is 127. The average Bonchev–Trinajstić information content (AvgIpc) is 2.91. The molecular weight excluding hydrogens is 373 g/mol. The van der Waals surface area contributed by atoms with E-state index in [0.717, 1.165) is 15.0 Å². The Balaban J connectivity index is 1.83. The summed E-state index contributed by atoms with van der Waals surface area (Å²) in [6, 6.07) is 11.5. The van der Waals surface area contributed by atoms with Gasteiger partial charge in [-0.25, -0.2) is 0 Å². The highest BCUT2D eigenvalue weighted by Gasteiger charge is 2.14. The van der Waals surface area contributed by atoms with E-state index in [1.54, 1.807) is 18.0 Å². The highest BCUT2D eigenvalue weighted by Crippen LogP contribution is 2.20. The van der Waals surface area contributed by atoms with Gasteiger partial charge < -0.3 is 9.73 Å². The van der Waals surface area contributed by atoms with E-state index in [0.29, 0.717) is 5.75 Å². The van der Waals surface area contributed by atoms with E-state index in [4.69, 9.17) is 4.42 Å². The molecule has 0 aliphatic heterocycles. The van der Waals surface area contributed by atoms with Crippen molar-refractivity contribution in [3.63, 3.8) is 0 Å². The summed E-state index contributed by atoms with van der Waals surface area (Å²) in [4.78, 5) is 12.0. The SMILES string of the molecule is CC(SCc1ccco1)C(=O)Nc1ccc(I)cc1. The van der Waals surface area contributed by atoms with Crippen LogP contribution in [0.15, 0.2) is 47.1 Å². The topological polar surface area (TPSA) is 42.2 Å². The third-order valence-corrected chi connectivity index (χ3v) is 4.42. The molecule has 0 saturated carbocycles. The van der Waals surface area contributed by atoms with Gasteiger partial charge in [0.2, 0.25) is 5.91 Å². The zero-order valence-corrected chi connectivity index (χ0v) is 13.4. The van der Waals surface area contributed by atoms with Crippen molar-refractivity contribution in [1.82, 2.24) is 0 Å². The fourth-order valence-electron chi connectivity index (χ4n) is 1.45. The predicted molar refractivity (Wildman–Crippen MR) is 87.3 cm³/mol. The fourth-order valence-corrected chi connectivity index (χ4v) is 2.60. The Kier molecular flexibility index (Phi) is 5.33. The molecule has 0 radical (unpaired) electrons. The monoisotopic (exact) mass is 387 g/mol. The van der Waals surface area contributed by atoms with Gasteiger partial charge in [-0.2, -0.15) is 0 Å². The van der Waals surface area contributed by atoms with Crippen LogP contribution in [0.1, 0.15) is 12.7 Å². The van der Waals surface area contributed by atoms with Crippen LogP contribution in [0.3, 0.4) is 0 Å². The number of carbonyl (C=O) groups excluding carboxylic acids is 1. The zero-order chi connectivity index (χ0) is 13.7. The van der Waals surface area contributed by atoms with Crippen molar-refractivity contribution in [2.75, 3.05) is 5.32 Å². The van der Waals surface area contributed by atoms with E-state index in [9.17, 15) is 4.79 Å². The number of halogens is 1. The summed E-state index contributed by atoms with van der Waals surface area (Å²) in [6.07, 6.45) is 1.65. The number of anilines is 1. The zero-order valence-electron chi connectivity index (χ0n) is 10.4. The number of thioether (sulfide) groups is 1. The number of nitrogens with one attached hydrogen (secondary N) is 1. The van der Waals surface area contributed by atoms with Crippen molar-refractivity contribution in [1.29, 1.82) is 0 Å². The third kappa shape index (κ3) is 4.58. The minimum Gasteiger partial charge on any atom is -0.468 e. The summed E-state index contributed by atoms with van der Waals surface area (Å²) in [5, 5.41) is 2.78. The maximum Gasteiger partial charge on any atom is 0.237 e. The first-order chi connectivity index (χ1) is 9.15. The summed E-state index contributed by atoms with van der Waals surface area (Å²) in [5.74, 6) is 1.60. The molecule has 19 heavy (non-hydrogen) atoms. The number of furan rings is 1. The number of amides is 1. The molecule has 0 bridgehead atoms. The molecule has 0 spiro atoms. The van der Waals surface area contributed by atoms with Crippen LogP contribution in [0.2, 0.25) is 0 Å². The highest BCUT2D eigenvalue weighted by molar-refractivity contribution is 14.1. The molecule has 1 atom stereocenters. The molecule has 1 unspecified atom stereocenters. The average molecular weight is 387 g/mol. The third-order valence-electron chi connectivity index (χ3n) is 2.54.